The molecule has 1 fully saturated rings. The van der Waals surface area contributed by atoms with Crippen LogP contribution in [-0.4, -0.2) is 106 Å². The summed E-state index contributed by atoms with van der Waals surface area (Å²) < 4.78 is 32.6. The van der Waals surface area contributed by atoms with Crippen LogP contribution in [0.4, 0.5) is 0 Å². The van der Waals surface area contributed by atoms with Crippen LogP contribution < -0.4 is 0 Å². The second-order valence-electron chi connectivity index (χ2n) is 7.38. The zero-order chi connectivity index (χ0) is 20.6. The standard InChI is InChI=1S/C18H36O9.3Ac/c1-11(8-22-3)12(19)7-18(2,10-24-5)27-17-16(25-6)15(21)14(20)13(26-17)9-23-4;;;/h11-17,19-21H,7-10H2,1-6H3;;;/t11-,12?,13?,14-,15?,16?,17-,18-;;;/m1.../s1. The summed E-state index contributed by atoms with van der Waals surface area (Å²) in [6, 6.07) is 0. The Balaban J connectivity index is -0.00000243. The predicted molar refractivity (Wildman–Crippen MR) is 96.4 cm³/mol. The van der Waals surface area contributed by atoms with Crippen LogP contribution in [-0.2, 0) is 28.4 Å². The van der Waals surface area contributed by atoms with Crippen LogP contribution in [0.1, 0.15) is 20.3 Å². The molecule has 0 aromatic carbocycles. The van der Waals surface area contributed by atoms with Gasteiger partial charge in [0.1, 0.15) is 24.4 Å². The first-order valence-electron chi connectivity index (χ1n) is 9.10. The van der Waals surface area contributed by atoms with E-state index >= 15 is 0 Å². The Hall–Kier alpha value is 3.96. The molecule has 1 aliphatic rings. The van der Waals surface area contributed by atoms with Crippen LogP contribution in [0.2, 0.25) is 0 Å². The maximum atomic E-state index is 10.5. The summed E-state index contributed by atoms with van der Waals surface area (Å²) in [4.78, 5) is 0. The number of aliphatic hydroxyl groups excluding tert-OH is 3. The fourth-order valence-corrected chi connectivity index (χ4v) is 3.30. The van der Waals surface area contributed by atoms with E-state index in [9.17, 15) is 15.3 Å². The Kier molecular flexibility index (Phi) is 25.8. The fraction of sp³-hybridized carbons (Fsp3) is 1.00. The normalized spacial score (nSPS) is 30.1. The van der Waals surface area contributed by atoms with Gasteiger partial charge >= 0.3 is 0 Å². The molecule has 3 radical (unpaired) electrons. The van der Waals surface area contributed by atoms with E-state index in [1.165, 1.54) is 21.3 Å². The van der Waals surface area contributed by atoms with Gasteiger partial charge in [-0.1, -0.05) is 6.92 Å². The van der Waals surface area contributed by atoms with Gasteiger partial charge in [0, 0.05) is 173 Å². The first-order valence-corrected chi connectivity index (χ1v) is 9.10. The van der Waals surface area contributed by atoms with E-state index in [-0.39, 0.29) is 158 Å². The first-order chi connectivity index (χ1) is 12.7. The van der Waals surface area contributed by atoms with E-state index in [0.29, 0.717) is 6.61 Å². The van der Waals surface area contributed by atoms with Crippen molar-refractivity contribution in [1.29, 1.82) is 0 Å². The Morgan fingerprint density at radius 3 is 2.03 bits per heavy atom. The molecule has 1 rings (SSSR count). The van der Waals surface area contributed by atoms with Crippen molar-refractivity contribution in [2.45, 2.75) is 62.7 Å². The van der Waals surface area contributed by atoms with Crippen molar-refractivity contribution >= 4 is 0 Å². The second-order valence-corrected chi connectivity index (χ2v) is 7.38. The molecular formula is C18H36Ac3O9. The molecule has 0 spiro atoms. The molecule has 0 aliphatic carbocycles. The average molecular weight is 1080 g/mol. The number of methoxy groups -OCH3 is 4. The minimum absolute atomic E-state index is 0. The smallest absolute Gasteiger partial charge is 0.187 e. The molecule has 3 N–H and O–H groups in total. The summed E-state index contributed by atoms with van der Waals surface area (Å²) in [5.74, 6) is -0.103. The van der Waals surface area contributed by atoms with Gasteiger partial charge in [-0.05, 0) is 6.92 Å². The van der Waals surface area contributed by atoms with Gasteiger partial charge in [0.25, 0.3) is 0 Å². The largest absolute Gasteiger partial charge is 0.393 e. The molecule has 0 bridgehead atoms. The summed E-state index contributed by atoms with van der Waals surface area (Å²) in [5.41, 5.74) is -0.919. The Labute approximate surface area is 287 Å². The molecule has 0 saturated carbocycles. The zero-order valence-corrected chi connectivity index (χ0v) is 33.1. The fourth-order valence-electron chi connectivity index (χ4n) is 3.30. The minimum Gasteiger partial charge on any atom is -0.393 e. The molecule has 0 aromatic rings. The van der Waals surface area contributed by atoms with Crippen molar-refractivity contribution in [3.05, 3.63) is 0 Å². The van der Waals surface area contributed by atoms with Crippen LogP contribution in [0, 0.1) is 138 Å². The molecule has 4 unspecified atom stereocenters. The molecule has 9 nitrogen and oxygen atoms in total. The van der Waals surface area contributed by atoms with Crippen LogP contribution in [0.15, 0.2) is 0 Å². The molecular weight excluding hydrogens is 1040 g/mol. The maximum Gasteiger partial charge on any atom is 0.187 e. The van der Waals surface area contributed by atoms with Gasteiger partial charge < -0.3 is 43.7 Å². The second kappa shape index (κ2) is 20.1. The van der Waals surface area contributed by atoms with E-state index in [4.69, 9.17) is 28.4 Å². The quantitative estimate of drug-likeness (QED) is 0.240. The topological polar surface area (TPSA) is 116 Å². The predicted octanol–water partition coefficient (Wildman–Crippen LogP) is -0.450. The summed E-state index contributed by atoms with van der Waals surface area (Å²) in [6.07, 6.45) is -5.47. The van der Waals surface area contributed by atoms with E-state index in [1.807, 2.05) is 6.92 Å². The van der Waals surface area contributed by atoms with Gasteiger partial charge in [-0.15, -0.1) is 0 Å². The van der Waals surface area contributed by atoms with Gasteiger partial charge in [0.15, 0.2) is 6.29 Å². The summed E-state index contributed by atoms with van der Waals surface area (Å²) in [6.45, 7) is 4.35. The van der Waals surface area contributed by atoms with Crippen LogP contribution >= 0.6 is 0 Å². The number of ether oxygens (including phenoxy) is 6. The third-order valence-corrected chi connectivity index (χ3v) is 4.83. The van der Waals surface area contributed by atoms with Crippen molar-refractivity contribution in [3.8, 4) is 0 Å². The molecule has 30 heavy (non-hydrogen) atoms. The monoisotopic (exact) mass is 1080 g/mol. The van der Waals surface area contributed by atoms with Crippen molar-refractivity contribution in [2.75, 3.05) is 48.3 Å². The van der Waals surface area contributed by atoms with Gasteiger partial charge in [-0.25, -0.2) is 0 Å². The van der Waals surface area contributed by atoms with E-state index in [2.05, 4.69) is 0 Å². The zero-order valence-electron chi connectivity index (χ0n) is 18.9. The van der Waals surface area contributed by atoms with Crippen molar-refractivity contribution < 1.29 is 176 Å². The van der Waals surface area contributed by atoms with Crippen LogP contribution in [0.25, 0.3) is 0 Å². The van der Waals surface area contributed by atoms with Crippen molar-refractivity contribution in [2.24, 2.45) is 5.92 Å². The first kappa shape index (κ1) is 38.5. The summed E-state index contributed by atoms with van der Waals surface area (Å²) >= 11 is 0. The molecule has 171 valence electrons. The van der Waals surface area contributed by atoms with Crippen molar-refractivity contribution in [3.63, 3.8) is 0 Å². The molecule has 1 saturated heterocycles. The molecule has 12 heteroatoms. The Morgan fingerprint density at radius 1 is 0.967 bits per heavy atom. The van der Waals surface area contributed by atoms with Gasteiger partial charge in [-0.2, -0.15) is 0 Å². The molecule has 1 heterocycles. The molecule has 8 atom stereocenters. The van der Waals surface area contributed by atoms with E-state index in [1.54, 1.807) is 14.0 Å². The van der Waals surface area contributed by atoms with Gasteiger partial charge in [0.05, 0.1) is 31.5 Å². The molecule has 0 amide bonds. The third kappa shape index (κ3) is 12.3. The third-order valence-electron chi connectivity index (χ3n) is 4.83. The number of aliphatic hydroxyl groups is 3. The Bertz CT molecular complexity index is 422. The number of hydrogen-bond donors (Lipinski definition) is 3. The molecule has 0 aromatic heterocycles. The summed E-state index contributed by atoms with van der Waals surface area (Å²) in [7, 11) is 5.99. The number of rotatable bonds is 12. The van der Waals surface area contributed by atoms with Crippen molar-refractivity contribution in [1.82, 2.24) is 0 Å². The molecule has 1 aliphatic heterocycles. The van der Waals surface area contributed by atoms with Gasteiger partial charge in [0.2, 0.25) is 0 Å². The Morgan fingerprint density at radius 2 is 1.57 bits per heavy atom. The average Bonchev–Trinajstić information content (AvgIpc) is 2.60. The van der Waals surface area contributed by atoms with E-state index < -0.39 is 42.4 Å². The minimum atomic E-state index is -1.21. The SMILES string of the molecule is COCC1O[C@H](O[C@@](C)(COC)CC(O)[C@H](C)COC)C(OC)C(O)[C@@H]1O.[Ac].[Ac].[Ac]. The van der Waals surface area contributed by atoms with Gasteiger partial charge in [-0.3, -0.25) is 0 Å². The number of hydrogen-bond acceptors (Lipinski definition) is 9. The van der Waals surface area contributed by atoms with Crippen LogP contribution in [0.5, 0.6) is 0 Å². The summed E-state index contributed by atoms with van der Waals surface area (Å²) in [5, 5.41) is 31.1. The van der Waals surface area contributed by atoms with E-state index in [0.717, 1.165) is 0 Å². The maximum absolute atomic E-state index is 10.5. The van der Waals surface area contributed by atoms with Crippen LogP contribution in [0.3, 0.4) is 0 Å².